The summed E-state index contributed by atoms with van der Waals surface area (Å²) in [4.78, 5) is 4.14. The molecule has 1 N–H and O–H groups in total. The zero-order chi connectivity index (χ0) is 13.5. The summed E-state index contributed by atoms with van der Waals surface area (Å²) in [6.45, 7) is 0.847. The van der Waals surface area contributed by atoms with Gasteiger partial charge < -0.3 is 9.88 Å². The average Bonchev–Trinajstić information content (AvgIpc) is 2.99. The highest BCUT2D eigenvalue weighted by Crippen LogP contribution is 2.35. The molecule has 1 fully saturated rings. The van der Waals surface area contributed by atoms with E-state index in [9.17, 15) is 8.78 Å². The lowest BCUT2D eigenvalue weighted by Crippen LogP contribution is -2.29. The summed E-state index contributed by atoms with van der Waals surface area (Å²) in [5.41, 5.74) is 1.56. The standard InChI is InChI=1S/C14H17F2N3/c1-19-9-18-12-7-10(4-5-13(12)19)14(15,16)8-11-3-2-6-17-11/h4-5,7,9,11,17H,2-3,6,8H2,1H3. The van der Waals surface area contributed by atoms with Crippen molar-refractivity contribution in [3.63, 3.8) is 0 Å². The Labute approximate surface area is 110 Å². The van der Waals surface area contributed by atoms with Crippen molar-refractivity contribution < 1.29 is 8.78 Å². The Bertz CT molecular complexity index is 585. The van der Waals surface area contributed by atoms with Crippen LogP contribution >= 0.6 is 0 Å². The molecule has 0 amide bonds. The number of benzene rings is 1. The Morgan fingerprint density at radius 2 is 2.32 bits per heavy atom. The molecule has 1 aromatic carbocycles. The van der Waals surface area contributed by atoms with E-state index in [4.69, 9.17) is 0 Å². The molecule has 1 saturated heterocycles. The van der Waals surface area contributed by atoms with Gasteiger partial charge in [0, 0.05) is 25.1 Å². The van der Waals surface area contributed by atoms with E-state index in [-0.39, 0.29) is 18.0 Å². The Kier molecular flexibility index (Phi) is 3.01. The van der Waals surface area contributed by atoms with Crippen LogP contribution in [0.3, 0.4) is 0 Å². The number of hydrogen-bond donors (Lipinski definition) is 1. The molecular formula is C14H17F2N3. The molecule has 1 aliphatic heterocycles. The third-order valence-corrected chi connectivity index (χ3v) is 3.81. The molecule has 1 atom stereocenters. The van der Waals surface area contributed by atoms with Crippen LogP contribution in [0.1, 0.15) is 24.8 Å². The summed E-state index contributed by atoms with van der Waals surface area (Å²) in [6, 6.07) is 4.66. The van der Waals surface area contributed by atoms with Crippen LogP contribution < -0.4 is 5.32 Å². The second-order valence-electron chi connectivity index (χ2n) is 5.26. The molecule has 2 aromatic rings. The van der Waals surface area contributed by atoms with Crippen LogP contribution in [0.15, 0.2) is 24.5 Å². The van der Waals surface area contributed by atoms with E-state index in [1.54, 1.807) is 12.4 Å². The normalized spacial score (nSPS) is 20.3. The molecule has 0 radical (unpaired) electrons. The Morgan fingerprint density at radius 1 is 1.47 bits per heavy atom. The Hall–Kier alpha value is -1.49. The number of fused-ring (bicyclic) bond motifs is 1. The van der Waals surface area contributed by atoms with E-state index in [2.05, 4.69) is 10.3 Å². The first-order valence-corrected chi connectivity index (χ1v) is 6.59. The first kappa shape index (κ1) is 12.5. The molecule has 3 nitrogen and oxygen atoms in total. The maximum Gasteiger partial charge on any atom is 0.274 e. The van der Waals surface area contributed by atoms with E-state index in [0.717, 1.165) is 24.9 Å². The summed E-state index contributed by atoms with van der Waals surface area (Å²) < 4.78 is 30.4. The highest BCUT2D eigenvalue weighted by atomic mass is 19.3. The van der Waals surface area contributed by atoms with Crippen LogP contribution in [-0.2, 0) is 13.0 Å². The second-order valence-corrected chi connectivity index (χ2v) is 5.26. The summed E-state index contributed by atoms with van der Waals surface area (Å²) in [5, 5.41) is 3.12. The van der Waals surface area contributed by atoms with E-state index in [1.807, 2.05) is 11.6 Å². The zero-order valence-electron chi connectivity index (χ0n) is 10.9. The number of alkyl halides is 2. The largest absolute Gasteiger partial charge is 0.334 e. The number of imidazole rings is 1. The van der Waals surface area contributed by atoms with Crippen molar-refractivity contribution in [1.29, 1.82) is 0 Å². The third-order valence-electron chi connectivity index (χ3n) is 3.81. The molecule has 1 unspecified atom stereocenters. The van der Waals surface area contributed by atoms with Gasteiger partial charge >= 0.3 is 0 Å². The van der Waals surface area contributed by atoms with Gasteiger partial charge in [0.25, 0.3) is 5.92 Å². The summed E-state index contributed by atoms with van der Waals surface area (Å²) in [6.07, 6.45) is 3.33. The molecular weight excluding hydrogens is 248 g/mol. The van der Waals surface area contributed by atoms with Crippen molar-refractivity contribution in [2.24, 2.45) is 7.05 Å². The number of hydrogen-bond acceptors (Lipinski definition) is 2. The number of halogens is 2. The number of rotatable bonds is 3. The molecule has 1 aromatic heterocycles. The molecule has 0 spiro atoms. The zero-order valence-corrected chi connectivity index (χ0v) is 10.9. The third kappa shape index (κ3) is 2.34. The monoisotopic (exact) mass is 265 g/mol. The highest BCUT2D eigenvalue weighted by Gasteiger charge is 2.35. The minimum absolute atomic E-state index is 0.0624. The predicted octanol–water partition coefficient (Wildman–Crippen LogP) is 2.81. The molecule has 0 aliphatic carbocycles. The van der Waals surface area contributed by atoms with Gasteiger partial charge in [0.2, 0.25) is 0 Å². The fourth-order valence-corrected chi connectivity index (χ4v) is 2.72. The van der Waals surface area contributed by atoms with E-state index < -0.39 is 5.92 Å². The first-order valence-electron chi connectivity index (χ1n) is 6.59. The van der Waals surface area contributed by atoms with Gasteiger partial charge in [-0.3, -0.25) is 0 Å². The molecule has 19 heavy (non-hydrogen) atoms. The summed E-state index contributed by atoms with van der Waals surface area (Å²) >= 11 is 0. The van der Waals surface area contributed by atoms with Crippen LogP contribution in [0.4, 0.5) is 8.78 Å². The number of nitrogens with zero attached hydrogens (tertiary/aromatic N) is 2. The van der Waals surface area contributed by atoms with Gasteiger partial charge in [-0.25, -0.2) is 13.8 Å². The predicted molar refractivity (Wildman–Crippen MR) is 70.2 cm³/mol. The number of aryl methyl sites for hydroxylation is 1. The lowest BCUT2D eigenvalue weighted by Gasteiger charge is -2.20. The molecule has 5 heteroatoms. The van der Waals surface area contributed by atoms with Crippen molar-refractivity contribution >= 4 is 11.0 Å². The lowest BCUT2D eigenvalue weighted by molar-refractivity contribution is -0.0212. The molecule has 0 saturated carbocycles. The van der Waals surface area contributed by atoms with Crippen molar-refractivity contribution in [2.45, 2.75) is 31.2 Å². The van der Waals surface area contributed by atoms with Crippen molar-refractivity contribution in [1.82, 2.24) is 14.9 Å². The minimum atomic E-state index is -2.80. The summed E-state index contributed by atoms with van der Waals surface area (Å²) in [7, 11) is 1.86. The lowest BCUT2D eigenvalue weighted by atomic mass is 9.99. The smallest absolute Gasteiger partial charge is 0.274 e. The van der Waals surface area contributed by atoms with Crippen molar-refractivity contribution in [3.05, 3.63) is 30.1 Å². The van der Waals surface area contributed by atoms with Gasteiger partial charge in [0.15, 0.2) is 0 Å². The number of aromatic nitrogens is 2. The molecule has 1 aliphatic rings. The SMILES string of the molecule is Cn1cnc2cc(C(F)(F)CC3CCCN3)ccc21. The molecule has 3 rings (SSSR count). The van der Waals surface area contributed by atoms with Gasteiger partial charge in [0.05, 0.1) is 17.4 Å². The van der Waals surface area contributed by atoms with E-state index >= 15 is 0 Å². The quantitative estimate of drug-likeness (QED) is 0.924. The van der Waals surface area contributed by atoms with Gasteiger partial charge in [-0.15, -0.1) is 0 Å². The highest BCUT2D eigenvalue weighted by molar-refractivity contribution is 5.76. The maximum absolute atomic E-state index is 14.3. The van der Waals surface area contributed by atoms with Crippen molar-refractivity contribution in [3.8, 4) is 0 Å². The average molecular weight is 265 g/mol. The van der Waals surface area contributed by atoms with Gasteiger partial charge in [-0.05, 0) is 31.5 Å². The van der Waals surface area contributed by atoms with Gasteiger partial charge in [0.1, 0.15) is 0 Å². The van der Waals surface area contributed by atoms with Gasteiger partial charge in [-0.2, -0.15) is 0 Å². The Morgan fingerprint density at radius 3 is 3.05 bits per heavy atom. The van der Waals surface area contributed by atoms with Crippen molar-refractivity contribution in [2.75, 3.05) is 6.54 Å². The van der Waals surface area contributed by atoms with Gasteiger partial charge in [-0.1, -0.05) is 6.07 Å². The molecule has 2 heterocycles. The van der Waals surface area contributed by atoms with Crippen LogP contribution in [0.2, 0.25) is 0 Å². The topological polar surface area (TPSA) is 29.9 Å². The van der Waals surface area contributed by atoms with Crippen LogP contribution in [0, 0.1) is 0 Å². The fourth-order valence-electron chi connectivity index (χ4n) is 2.72. The first-order chi connectivity index (χ1) is 9.06. The second kappa shape index (κ2) is 4.56. The van der Waals surface area contributed by atoms with Crippen LogP contribution in [0.25, 0.3) is 11.0 Å². The number of nitrogens with one attached hydrogen (secondary N) is 1. The minimum Gasteiger partial charge on any atom is -0.334 e. The van der Waals surface area contributed by atoms with E-state index in [1.165, 1.54) is 12.1 Å². The maximum atomic E-state index is 14.3. The van der Waals surface area contributed by atoms with Crippen LogP contribution in [0.5, 0.6) is 0 Å². The molecule has 0 bridgehead atoms. The Balaban J connectivity index is 1.88. The fraction of sp³-hybridized carbons (Fsp3) is 0.500. The van der Waals surface area contributed by atoms with E-state index in [0.29, 0.717) is 5.52 Å². The summed E-state index contributed by atoms with van der Waals surface area (Å²) in [5.74, 6) is -2.80. The molecule has 102 valence electrons. The van der Waals surface area contributed by atoms with Crippen LogP contribution in [-0.4, -0.2) is 22.1 Å².